The van der Waals surface area contributed by atoms with Gasteiger partial charge in [0.2, 0.25) is 11.8 Å². The molecule has 1 aliphatic rings. The number of rotatable bonds is 7. The summed E-state index contributed by atoms with van der Waals surface area (Å²) in [5.41, 5.74) is 4.00. The third-order valence-corrected chi connectivity index (χ3v) is 8.19. The van der Waals surface area contributed by atoms with E-state index in [9.17, 15) is 9.59 Å². The number of carbonyl (C=O) groups is 2. The Hall–Kier alpha value is -3.26. The Kier molecular flexibility index (Phi) is 8.31. The molecule has 6 nitrogen and oxygen atoms in total. The van der Waals surface area contributed by atoms with Gasteiger partial charge in [0, 0.05) is 22.7 Å². The molecule has 0 unspecified atom stereocenters. The normalized spacial score (nSPS) is 15.3. The van der Waals surface area contributed by atoms with E-state index in [0.29, 0.717) is 33.8 Å². The molecule has 1 atom stereocenters. The second-order valence-electron chi connectivity index (χ2n) is 9.74. The summed E-state index contributed by atoms with van der Waals surface area (Å²) in [7, 11) is 0. The Morgan fingerprint density at radius 1 is 1.05 bits per heavy atom. The molecule has 1 aromatic heterocycles. The molecule has 39 heavy (non-hydrogen) atoms. The number of carbonyl (C=O) groups excluding carboxylic acids is 2. The number of hydrogen-bond donors (Lipinski definition) is 1. The highest BCUT2D eigenvalue weighted by molar-refractivity contribution is 8.00. The molecule has 200 valence electrons. The van der Waals surface area contributed by atoms with Crippen LogP contribution < -0.4 is 10.2 Å². The molecule has 0 saturated carbocycles. The van der Waals surface area contributed by atoms with Gasteiger partial charge in [0.25, 0.3) is 0 Å². The van der Waals surface area contributed by atoms with Gasteiger partial charge in [-0.1, -0.05) is 91.6 Å². The molecular formula is C30H28Cl2N4O2S. The van der Waals surface area contributed by atoms with E-state index in [1.54, 1.807) is 15.6 Å². The van der Waals surface area contributed by atoms with Crippen LogP contribution in [0.3, 0.4) is 0 Å². The standard InChI is InChI=1S/C30H28Cl2N4O2S/c1-19(2)16-33-25(37)17-35-26(38)18-39-29(21-11-8-12-22(31)15-21)27-28(20-9-4-3-5-10-20)34-36(30(27)35)24-14-7-6-13-23(24)32/h3-15,19,29H,16-18H2,1-2H3,(H,33,37)/t29-/m1/s1. The van der Waals surface area contributed by atoms with Gasteiger partial charge >= 0.3 is 0 Å². The number of anilines is 1. The van der Waals surface area contributed by atoms with Crippen LogP contribution in [0.1, 0.15) is 30.2 Å². The summed E-state index contributed by atoms with van der Waals surface area (Å²) >= 11 is 14.6. The third-order valence-electron chi connectivity index (χ3n) is 6.38. The SMILES string of the molecule is CC(C)CNC(=O)CN1C(=O)CS[C@H](c2cccc(Cl)c2)c2c(-c3ccccc3)nn(-c3ccccc3Cl)c21. The van der Waals surface area contributed by atoms with Crippen molar-refractivity contribution in [3.63, 3.8) is 0 Å². The van der Waals surface area contributed by atoms with Gasteiger partial charge in [0.05, 0.1) is 27.4 Å². The van der Waals surface area contributed by atoms with E-state index in [1.807, 2.05) is 86.6 Å². The first-order chi connectivity index (χ1) is 18.8. The second kappa shape index (κ2) is 11.9. The molecule has 3 aromatic carbocycles. The molecule has 1 N–H and O–H groups in total. The van der Waals surface area contributed by atoms with Crippen molar-refractivity contribution in [1.82, 2.24) is 15.1 Å². The lowest BCUT2D eigenvalue weighted by atomic mass is 9.99. The number of hydrogen-bond acceptors (Lipinski definition) is 4. The van der Waals surface area contributed by atoms with Crippen LogP contribution in [0.5, 0.6) is 0 Å². The maximum absolute atomic E-state index is 13.7. The first-order valence-corrected chi connectivity index (χ1v) is 14.5. The van der Waals surface area contributed by atoms with E-state index in [4.69, 9.17) is 28.3 Å². The minimum atomic E-state index is -0.266. The van der Waals surface area contributed by atoms with Crippen LogP contribution in [0.4, 0.5) is 5.82 Å². The zero-order valence-electron chi connectivity index (χ0n) is 21.6. The van der Waals surface area contributed by atoms with E-state index >= 15 is 0 Å². The summed E-state index contributed by atoms with van der Waals surface area (Å²) in [6.07, 6.45) is 0. The number of halogens is 2. The van der Waals surface area contributed by atoms with Crippen LogP contribution in [0.25, 0.3) is 16.9 Å². The molecule has 2 heterocycles. The molecule has 0 radical (unpaired) electrons. The maximum Gasteiger partial charge on any atom is 0.240 e. The van der Waals surface area contributed by atoms with Crippen LogP contribution in [-0.2, 0) is 9.59 Å². The van der Waals surface area contributed by atoms with Gasteiger partial charge in [-0.05, 0) is 35.7 Å². The first-order valence-electron chi connectivity index (χ1n) is 12.7. The van der Waals surface area contributed by atoms with Gasteiger partial charge in [-0.25, -0.2) is 4.68 Å². The summed E-state index contributed by atoms with van der Waals surface area (Å²) in [4.78, 5) is 28.4. The van der Waals surface area contributed by atoms with E-state index < -0.39 is 0 Å². The van der Waals surface area contributed by atoms with Crippen LogP contribution in [0.2, 0.25) is 10.0 Å². The smallest absolute Gasteiger partial charge is 0.240 e. The Morgan fingerprint density at radius 2 is 1.79 bits per heavy atom. The van der Waals surface area contributed by atoms with E-state index in [1.165, 1.54) is 11.8 Å². The summed E-state index contributed by atoms with van der Waals surface area (Å²) in [6, 6.07) is 24.9. The molecule has 0 saturated heterocycles. The molecule has 0 bridgehead atoms. The Labute approximate surface area is 242 Å². The van der Waals surface area contributed by atoms with Crippen LogP contribution >= 0.6 is 35.0 Å². The number of para-hydroxylation sites is 1. The summed E-state index contributed by atoms with van der Waals surface area (Å²) in [6.45, 7) is 4.44. The zero-order valence-corrected chi connectivity index (χ0v) is 23.9. The molecule has 0 aliphatic carbocycles. The lowest BCUT2D eigenvalue weighted by molar-refractivity contribution is -0.123. The van der Waals surface area contributed by atoms with Crippen molar-refractivity contribution in [2.75, 3.05) is 23.7 Å². The summed E-state index contributed by atoms with van der Waals surface area (Å²) in [5, 5.41) is 8.83. The lowest BCUT2D eigenvalue weighted by Crippen LogP contribution is -2.43. The van der Waals surface area contributed by atoms with Crippen molar-refractivity contribution in [1.29, 1.82) is 0 Å². The predicted octanol–water partition coefficient (Wildman–Crippen LogP) is 6.79. The Morgan fingerprint density at radius 3 is 2.51 bits per heavy atom. The molecular weight excluding hydrogens is 551 g/mol. The van der Waals surface area contributed by atoms with Crippen molar-refractivity contribution in [2.24, 2.45) is 5.92 Å². The minimum Gasteiger partial charge on any atom is -0.354 e. The fraction of sp³-hybridized carbons (Fsp3) is 0.233. The van der Waals surface area contributed by atoms with Gasteiger partial charge < -0.3 is 5.32 Å². The highest BCUT2D eigenvalue weighted by Crippen LogP contribution is 2.49. The topological polar surface area (TPSA) is 67.2 Å². The van der Waals surface area contributed by atoms with Gasteiger partial charge in [-0.3, -0.25) is 14.5 Å². The molecule has 4 aromatic rings. The fourth-order valence-electron chi connectivity index (χ4n) is 4.57. The van der Waals surface area contributed by atoms with Gasteiger partial charge in [-0.15, -0.1) is 11.8 Å². The van der Waals surface area contributed by atoms with Crippen LogP contribution in [-0.4, -0.2) is 40.4 Å². The highest BCUT2D eigenvalue weighted by atomic mass is 35.5. The Balaban J connectivity index is 1.78. The van der Waals surface area contributed by atoms with Crippen molar-refractivity contribution >= 4 is 52.6 Å². The number of fused-ring (bicyclic) bond motifs is 1. The van der Waals surface area contributed by atoms with Gasteiger partial charge in [-0.2, -0.15) is 5.10 Å². The largest absolute Gasteiger partial charge is 0.354 e. The summed E-state index contributed by atoms with van der Waals surface area (Å²) in [5.74, 6) is 0.577. The number of nitrogens with one attached hydrogen (secondary N) is 1. The second-order valence-corrected chi connectivity index (χ2v) is 11.7. The molecule has 0 spiro atoms. The van der Waals surface area contributed by atoms with Gasteiger partial charge in [0.1, 0.15) is 12.4 Å². The van der Waals surface area contributed by atoms with Crippen molar-refractivity contribution in [3.05, 3.63) is 100 Å². The van der Waals surface area contributed by atoms with Crippen LogP contribution in [0.15, 0.2) is 78.9 Å². The minimum absolute atomic E-state index is 0.133. The van der Waals surface area contributed by atoms with Crippen LogP contribution in [0, 0.1) is 5.92 Å². The number of benzene rings is 3. The van der Waals surface area contributed by atoms with Crippen molar-refractivity contribution in [2.45, 2.75) is 19.1 Å². The van der Waals surface area contributed by atoms with E-state index in [-0.39, 0.29) is 35.3 Å². The average molecular weight is 580 g/mol. The highest BCUT2D eigenvalue weighted by Gasteiger charge is 2.38. The molecule has 9 heteroatoms. The fourth-order valence-corrected chi connectivity index (χ4v) is 6.17. The molecule has 1 aliphatic heterocycles. The van der Waals surface area contributed by atoms with Crippen molar-refractivity contribution < 1.29 is 9.59 Å². The quantitative estimate of drug-likeness (QED) is 0.262. The number of amides is 2. The third kappa shape index (κ3) is 5.86. The average Bonchev–Trinajstić information content (AvgIpc) is 3.24. The lowest BCUT2D eigenvalue weighted by Gasteiger charge is -2.23. The number of nitrogens with zero attached hydrogens (tertiary/aromatic N) is 3. The molecule has 2 amide bonds. The first kappa shape index (κ1) is 27.3. The van der Waals surface area contributed by atoms with Gasteiger partial charge in [0.15, 0.2) is 0 Å². The van der Waals surface area contributed by atoms with Crippen molar-refractivity contribution in [3.8, 4) is 16.9 Å². The van der Waals surface area contributed by atoms with E-state index in [0.717, 1.165) is 16.7 Å². The predicted molar refractivity (Wildman–Crippen MR) is 160 cm³/mol. The van der Waals surface area contributed by atoms with E-state index in [2.05, 4.69) is 5.32 Å². The monoisotopic (exact) mass is 578 g/mol. The summed E-state index contributed by atoms with van der Waals surface area (Å²) < 4.78 is 1.71. The number of aromatic nitrogens is 2. The number of thioether (sulfide) groups is 1. The molecule has 0 fully saturated rings. The Bertz CT molecular complexity index is 1510. The maximum atomic E-state index is 13.7. The molecule has 5 rings (SSSR count). The zero-order chi connectivity index (χ0) is 27.5.